The van der Waals surface area contributed by atoms with Gasteiger partial charge in [-0.3, -0.25) is 4.90 Å². The number of ether oxygens (including phenoxy) is 1. The number of nitrogens with one attached hydrogen (secondary N) is 1. The molecule has 19 heavy (non-hydrogen) atoms. The van der Waals surface area contributed by atoms with Crippen LogP contribution in [0.4, 0.5) is 0 Å². The Morgan fingerprint density at radius 3 is 2.84 bits per heavy atom. The van der Waals surface area contributed by atoms with E-state index in [1.807, 2.05) is 0 Å². The van der Waals surface area contributed by atoms with E-state index in [9.17, 15) is 0 Å². The van der Waals surface area contributed by atoms with Gasteiger partial charge < -0.3 is 10.1 Å². The highest BCUT2D eigenvalue weighted by molar-refractivity contribution is 9.10. The van der Waals surface area contributed by atoms with Crippen LogP contribution in [0.5, 0.6) is 0 Å². The quantitative estimate of drug-likeness (QED) is 0.813. The fraction of sp³-hybridized carbons (Fsp3) is 0.600. The van der Waals surface area contributed by atoms with Gasteiger partial charge in [0.15, 0.2) is 0 Å². The first-order valence-corrected chi connectivity index (χ1v) is 7.81. The molecule has 0 radical (unpaired) electrons. The average molecular weight is 327 g/mol. The molecule has 1 N–H and O–H groups in total. The molecule has 0 aliphatic carbocycles. The minimum atomic E-state index is 0.894. The predicted octanol–water partition coefficient (Wildman–Crippen LogP) is 2.57. The molecule has 1 aliphatic heterocycles. The molecular formula is C15H23BrN2O. The van der Waals surface area contributed by atoms with Gasteiger partial charge in [0.25, 0.3) is 0 Å². The molecule has 0 atom stereocenters. The van der Waals surface area contributed by atoms with Crippen molar-refractivity contribution in [2.75, 3.05) is 39.4 Å². The third-order valence-corrected chi connectivity index (χ3v) is 4.35. The minimum Gasteiger partial charge on any atom is -0.379 e. The van der Waals surface area contributed by atoms with Gasteiger partial charge >= 0.3 is 0 Å². The summed E-state index contributed by atoms with van der Waals surface area (Å²) < 4.78 is 6.54. The number of nitrogens with zero attached hydrogens (tertiary/aromatic N) is 1. The van der Waals surface area contributed by atoms with Crippen molar-refractivity contribution in [3.63, 3.8) is 0 Å². The summed E-state index contributed by atoms with van der Waals surface area (Å²) >= 11 is 3.57. The van der Waals surface area contributed by atoms with Crippen molar-refractivity contribution in [1.29, 1.82) is 0 Å². The summed E-state index contributed by atoms with van der Waals surface area (Å²) in [6, 6.07) is 6.55. The van der Waals surface area contributed by atoms with Crippen molar-refractivity contribution in [2.24, 2.45) is 0 Å². The van der Waals surface area contributed by atoms with E-state index < -0.39 is 0 Å². The summed E-state index contributed by atoms with van der Waals surface area (Å²) in [5, 5.41) is 3.51. The molecular weight excluding hydrogens is 304 g/mol. The molecule has 1 aromatic rings. The largest absolute Gasteiger partial charge is 0.379 e. The zero-order valence-electron chi connectivity index (χ0n) is 11.6. The topological polar surface area (TPSA) is 24.5 Å². The maximum Gasteiger partial charge on any atom is 0.0594 e. The smallest absolute Gasteiger partial charge is 0.0594 e. The van der Waals surface area contributed by atoms with Crippen LogP contribution in [0.25, 0.3) is 0 Å². The van der Waals surface area contributed by atoms with Gasteiger partial charge in [0, 0.05) is 24.1 Å². The molecule has 0 bridgehead atoms. The Morgan fingerprint density at radius 1 is 1.32 bits per heavy atom. The van der Waals surface area contributed by atoms with Gasteiger partial charge in [0.1, 0.15) is 0 Å². The van der Waals surface area contributed by atoms with Crippen molar-refractivity contribution in [1.82, 2.24) is 10.2 Å². The van der Waals surface area contributed by atoms with E-state index in [0.717, 1.165) is 39.4 Å². The molecule has 0 aromatic heterocycles. The van der Waals surface area contributed by atoms with Gasteiger partial charge in [0.05, 0.1) is 13.2 Å². The van der Waals surface area contributed by atoms with Crippen LogP contribution in [0, 0.1) is 6.92 Å². The lowest BCUT2D eigenvalue weighted by molar-refractivity contribution is 0.0374. The summed E-state index contributed by atoms with van der Waals surface area (Å²) in [5.41, 5.74) is 2.62. The van der Waals surface area contributed by atoms with E-state index in [1.165, 1.54) is 28.6 Å². The summed E-state index contributed by atoms with van der Waals surface area (Å²) in [7, 11) is 0. The molecule has 1 fully saturated rings. The fourth-order valence-corrected chi connectivity index (χ4v) is 2.66. The maximum absolute atomic E-state index is 5.34. The molecule has 4 heteroatoms. The van der Waals surface area contributed by atoms with Crippen LogP contribution >= 0.6 is 15.9 Å². The Balaban J connectivity index is 1.59. The number of benzene rings is 1. The van der Waals surface area contributed by atoms with Crippen molar-refractivity contribution in [3.8, 4) is 0 Å². The van der Waals surface area contributed by atoms with Crippen LogP contribution in [-0.2, 0) is 11.3 Å². The third kappa shape index (κ3) is 5.22. The van der Waals surface area contributed by atoms with Gasteiger partial charge in [-0.2, -0.15) is 0 Å². The Labute approximate surface area is 124 Å². The molecule has 1 saturated heterocycles. The Hall–Kier alpha value is -0.420. The van der Waals surface area contributed by atoms with E-state index in [-0.39, 0.29) is 0 Å². The lowest BCUT2D eigenvalue weighted by Gasteiger charge is -2.26. The first kappa shape index (κ1) is 15.0. The molecule has 1 aromatic carbocycles. The molecule has 1 heterocycles. The standard InChI is InChI=1S/C15H23BrN2O/c1-13-3-4-14(11-15(13)16)12-17-5-2-6-18-7-9-19-10-8-18/h3-4,11,17H,2,5-10,12H2,1H3. The van der Waals surface area contributed by atoms with Crippen LogP contribution in [0.1, 0.15) is 17.5 Å². The minimum absolute atomic E-state index is 0.894. The van der Waals surface area contributed by atoms with Gasteiger partial charge in [0.2, 0.25) is 0 Å². The van der Waals surface area contributed by atoms with Crippen molar-refractivity contribution < 1.29 is 4.74 Å². The van der Waals surface area contributed by atoms with Crippen LogP contribution in [0.3, 0.4) is 0 Å². The molecule has 0 spiro atoms. The SMILES string of the molecule is Cc1ccc(CNCCCN2CCOCC2)cc1Br. The Kier molecular flexibility index (Phi) is 6.31. The molecule has 2 rings (SSSR count). The zero-order chi connectivity index (χ0) is 13.5. The zero-order valence-corrected chi connectivity index (χ0v) is 13.2. The number of halogens is 1. The lowest BCUT2D eigenvalue weighted by atomic mass is 10.1. The molecule has 106 valence electrons. The fourth-order valence-electron chi connectivity index (χ4n) is 2.23. The number of hydrogen-bond donors (Lipinski definition) is 1. The Morgan fingerprint density at radius 2 is 2.11 bits per heavy atom. The second-order valence-corrected chi connectivity index (χ2v) is 5.92. The first-order valence-electron chi connectivity index (χ1n) is 7.01. The van der Waals surface area contributed by atoms with Gasteiger partial charge in [-0.1, -0.05) is 28.1 Å². The van der Waals surface area contributed by atoms with Crippen LogP contribution in [0.15, 0.2) is 22.7 Å². The molecule has 0 amide bonds. The van der Waals surface area contributed by atoms with Crippen molar-refractivity contribution >= 4 is 15.9 Å². The third-order valence-electron chi connectivity index (χ3n) is 3.50. The Bertz CT molecular complexity index is 392. The summed E-state index contributed by atoms with van der Waals surface area (Å²) in [4.78, 5) is 2.48. The second kappa shape index (κ2) is 8.00. The number of hydrogen-bond acceptors (Lipinski definition) is 3. The summed E-state index contributed by atoms with van der Waals surface area (Å²) in [6.45, 7) is 9.27. The van der Waals surface area contributed by atoms with E-state index in [0.29, 0.717) is 0 Å². The van der Waals surface area contributed by atoms with Crippen molar-refractivity contribution in [3.05, 3.63) is 33.8 Å². The summed E-state index contributed by atoms with van der Waals surface area (Å²) in [6.07, 6.45) is 1.20. The number of morpholine rings is 1. The number of rotatable bonds is 6. The average Bonchev–Trinajstić information content (AvgIpc) is 2.43. The van der Waals surface area contributed by atoms with Gasteiger partial charge in [-0.15, -0.1) is 0 Å². The van der Waals surface area contributed by atoms with E-state index in [4.69, 9.17) is 4.74 Å². The van der Waals surface area contributed by atoms with E-state index >= 15 is 0 Å². The van der Waals surface area contributed by atoms with Crippen LogP contribution in [-0.4, -0.2) is 44.3 Å². The highest BCUT2D eigenvalue weighted by atomic mass is 79.9. The monoisotopic (exact) mass is 326 g/mol. The predicted molar refractivity (Wildman–Crippen MR) is 82.5 cm³/mol. The first-order chi connectivity index (χ1) is 9.25. The van der Waals surface area contributed by atoms with E-state index in [2.05, 4.69) is 51.3 Å². The molecule has 0 saturated carbocycles. The highest BCUT2D eigenvalue weighted by Gasteiger charge is 2.08. The number of aryl methyl sites for hydroxylation is 1. The van der Waals surface area contributed by atoms with Gasteiger partial charge in [-0.25, -0.2) is 0 Å². The second-order valence-electron chi connectivity index (χ2n) is 5.07. The van der Waals surface area contributed by atoms with Crippen LogP contribution < -0.4 is 5.32 Å². The lowest BCUT2D eigenvalue weighted by Crippen LogP contribution is -2.37. The van der Waals surface area contributed by atoms with Crippen molar-refractivity contribution in [2.45, 2.75) is 19.9 Å². The van der Waals surface area contributed by atoms with E-state index in [1.54, 1.807) is 0 Å². The van der Waals surface area contributed by atoms with Gasteiger partial charge in [-0.05, 0) is 43.6 Å². The maximum atomic E-state index is 5.34. The highest BCUT2D eigenvalue weighted by Crippen LogP contribution is 2.17. The molecule has 3 nitrogen and oxygen atoms in total. The normalized spacial score (nSPS) is 16.7. The summed E-state index contributed by atoms with van der Waals surface area (Å²) in [5.74, 6) is 0. The molecule has 1 aliphatic rings. The molecule has 0 unspecified atom stereocenters. The van der Waals surface area contributed by atoms with Crippen LogP contribution in [0.2, 0.25) is 0 Å².